The van der Waals surface area contributed by atoms with Gasteiger partial charge in [0.2, 0.25) is 11.8 Å². The Labute approximate surface area is 106 Å². The fourth-order valence-electron chi connectivity index (χ4n) is 1.42. The maximum absolute atomic E-state index is 11.3. The minimum atomic E-state index is 0.0673. The SMILES string of the molecule is CN(C)C(=O)CCNc1nnc(CNC2CC2)o1. The maximum Gasteiger partial charge on any atom is 0.315 e. The van der Waals surface area contributed by atoms with E-state index >= 15 is 0 Å². The molecule has 1 amide bonds. The van der Waals surface area contributed by atoms with Gasteiger partial charge >= 0.3 is 6.01 Å². The van der Waals surface area contributed by atoms with E-state index < -0.39 is 0 Å². The Kier molecular flexibility index (Phi) is 4.14. The molecule has 0 spiro atoms. The highest BCUT2D eigenvalue weighted by Gasteiger charge is 2.21. The van der Waals surface area contributed by atoms with Crippen LogP contribution >= 0.6 is 0 Å². The van der Waals surface area contributed by atoms with Gasteiger partial charge in [-0.1, -0.05) is 5.10 Å². The predicted octanol–water partition coefficient (Wildman–Crippen LogP) is 0.212. The number of hydrogen-bond acceptors (Lipinski definition) is 6. The molecule has 7 nitrogen and oxygen atoms in total. The molecular weight excluding hydrogens is 234 g/mol. The fraction of sp³-hybridized carbons (Fsp3) is 0.727. The third-order valence-electron chi connectivity index (χ3n) is 2.70. The first-order chi connectivity index (χ1) is 8.65. The van der Waals surface area contributed by atoms with Gasteiger partial charge < -0.3 is 20.0 Å². The quantitative estimate of drug-likeness (QED) is 0.723. The highest BCUT2D eigenvalue weighted by molar-refractivity contribution is 5.75. The van der Waals surface area contributed by atoms with Crippen molar-refractivity contribution in [2.45, 2.75) is 31.8 Å². The zero-order chi connectivity index (χ0) is 13.0. The normalized spacial score (nSPS) is 14.6. The Morgan fingerprint density at radius 3 is 2.89 bits per heavy atom. The molecule has 1 saturated carbocycles. The van der Waals surface area contributed by atoms with E-state index in [0.29, 0.717) is 37.5 Å². The van der Waals surface area contributed by atoms with Gasteiger partial charge in [-0.15, -0.1) is 5.10 Å². The van der Waals surface area contributed by atoms with Crippen molar-refractivity contribution >= 4 is 11.9 Å². The molecular formula is C11H19N5O2. The summed E-state index contributed by atoms with van der Waals surface area (Å²) in [6, 6.07) is 0.986. The molecule has 0 bridgehead atoms. The van der Waals surface area contributed by atoms with Gasteiger partial charge in [0.15, 0.2) is 0 Å². The summed E-state index contributed by atoms with van der Waals surface area (Å²) in [5.41, 5.74) is 0. The molecule has 2 N–H and O–H groups in total. The third kappa shape index (κ3) is 3.99. The number of carbonyl (C=O) groups is 1. The number of aromatic nitrogens is 2. The number of nitrogens with one attached hydrogen (secondary N) is 2. The van der Waals surface area contributed by atoms with E-state index in [2.05, 4.69) is 20.8 Å². The van der Waals surface area contributed by atoms with E-state index in [9.17, 15) is 4.79 Å². The summed E-state index contributed by atoms with van der Waals surface area (Å²) in [4.78, 5) is 12.9. The zero-order valence-electron chi connectivity index (χ0n) is 10.8. The van der Waals surface area contributed by atoms with E-state index in [-0.39, 0.29) is 5.91 Å². The van der Waals surface area contributed by atoms with Crippen LogP contribution in [-0.4, -0.2) is 47.7 Å². The molecule has 1 aliphatic carbocycles. The van der Waals surface area contributed by atoms with E-state index in [0.717, 1.165) is 0 Å². The first-order valence-electron chi connectivity index (χ1n) is 6.15. The average molecular weight is 253 g/mol. The standard InChI is InChI=1S/C11H19N5O2/c1-16(2)10(17)5-6-12-11-15-14-9(18-11)7-13-8-3-4-8/h8,13H,3-7H2,1-2H3,(H,12,15). The lowest BCUT2D eigenvalue weighted by Crippen LogP contribution is -2.23. The summed E-state index contributed by atoms with van der Waals surface area (Å²) in [5.74, 6) is 0.640. The molecule has 1 heterocycles. The lowest BCUT2D eigenvalue weighted by molar-refractivity contribution is -0.128. The molecule has 1 aromatic rings. The summed E-state index contributed by atoms with van der Waals surface area (Å²) in [6.45, 7) is 1.10. The molecule has 1 fully saturated rings. The zero-order valence-corrected chi connectivity index (χ0v) is 10.8. The van der Waals surface area contributed by atoms with E-state index in [1.54, 1.807) is 19.0 Å². The third-order valence-corrected chi connectivity index (χ3v) is 2.70. The number of amides is 1. The number of anilines is 1. The van der Waals surface area contributed by atoms with E-state index in [4.69, 9.17) is 4.42 Å². The van der Waals surface area contributed by atoms with Crippen LogP contribution in [0.4, 0.5) is 6.01 Å². The van der Waals surface area contributed by atoms with Gasteiger partial charge in [0.25, 0.3) is 0 Å². The van der Waals surface area contributed by atoms with Crippen molar-refractivity contribution in [2.24, 2.45) is 0 Å². The number of rotatable bonds is 7. The van der Waals surface area contributed by atoms with Crippen molar-refractivity contribution in [3.8, 4) is 0 Å². The highest BCUT2D eigenvalue weighted by Crippen LogP contribution is 2.19. The van der Waals surface area contributed by atoms with Crippen molar-refractivity contribution in [2.75, 3.05) is 26.0 Å². The topological polar surface area (TPSA) is 83.3 Å². The lowest BCUT2D eigenvalue weighted by Gasteiger charge is -2.09. The van der Waals surface area contributed by atoms with E-state index in [1.807, 2.05) is 0 Å². The van der Waals surface area contributed by atoms with Crippen molar-refractivity contribution in [1.82, 2.24) is 20.4 Å². The number of carbonyl (C=O) groups excluding carboxylic acids is 1. The van der Waals surface area contributed by atoms with Gasteiger partial charge in [-0.2, -0.15) is 0 Å². The Balaban J connectivity index is 1.67. The molecule has 0 saturated heterocycles. The van der Waals surface area contributed by atoms with Crippen LogP contribution in [0.25, 0.3) is 0 Å². The van der Waals surface area contributed by atoms with Crippen LogP contribution in [0.2, 0.25) is 0 Å². The molecule has 7 heteroatoms. The average Bonchev–Trinajstić information content (AvgIpc) is 3.06. The maximum atomic E-state index is 11.3. The van der Waals surface area contributed by atoms with Gasteiger partial charge in [-0.05, 0) is 12.8 Å². The van der Waals surface area contributed by atoms with Gasteiger partial charge in [-0.3, -0.25) is 4.79 Å². The van der Waals surface area contributed by atoms with Crippen LogP contribution in [0.15, 0.2) is 4.42 Å². The van der Waals surface area contributed by atoms with Gasteiger partial charge in [0, 0.05) is 33.1 Å². The summed E-state index contributed by atoms with van der Waals surface area (Å²) < 4.78 is 5.38. The van der Waals surface area contributed by atoms with Crippen LogP contribution < -0.4 is 10.6 Å². The summed E-state index contributed by atoms with van der Waals surface area (Å²) in [5, 5.41) is 14.0. The smallest absolute Gasteiger partial charge is 0.315 e. The summed E-state index contributed by atoms with van der Waals surface area (Å²) in [7, 11) is 3.47. The lowest BCUT2D eigenvalue weighted by atomic mass is 10.4. The minimum Gasteiger partial charge on any atom is -0.407 e. The molecule has 1 aromatic heterocycles. The molecule has 0 radical (unpaired) electrons. The van der Waals surface area contributed by atoms with Gasteiger partial charge in [0.05, 0.1) is 6.54 Å². The molecule has 18 heavy (non-hydrogen) atoms. The van der Waals surface area contributed by atoms with Crippen LogP contribution in [0.3, 0.4) is 0 Å². The molecule has 0 aliphatic heterocycles. The Bertz CT molecular complexity index is 400. The monoisotopic (exact) mass is 253 g/mol. The second kappa shape index (κ2) is 5.81. The molecule has 0 atom stereocenters. The minimum absolute atomic E-state index is 0.0673. The van der Waals surface area contributed by atoms with Crippen molar-refractivity contribution < 1.29 is 9.21 Å². The number of hydrogen-bond donors (Lipinski definition) is 2. The molecule has 0 aromatic carbocycles. The van der Waals surface area contributed by atoms with Crippen LogP contribution in [0.1, 0.15) is 25.2 Å². The molecule has 2 rings (SSSR count). The molecule has 100 valence electrons. The van der Waals surface area contributed by atoms with Gasteiger partial charge in [0.1, 0.15) is 0 Å². The first-order valence-corrected chi connectivity index (χ1v) is 6.15. The summed E-state index contributed by atoms with van der Waals surface area (Å²) in [6.07, 6.45) is 2.86. The van der Waals surface area contributed by atoms with E-state index in [1.165, 1.54) is 12.8 Å². The highest BCUT2D eigenvalue weighted by atomic mass is 16.4. The van der Waals surface area contributed by atoms with Crippen LogP contribution in [-0.2, 0) is 11.3 Å². The Morgan fingerprint density at radius 1 is 1.44 bits per heavy atom. The summed E-state index contributed by atoms with van der Waals surface area (Å²) >= 11 is 0. The Hall–Kier alpha value is -1.63. The second-order valence-electron chi connectivity index (χ2n) is 4.62. The van der Waals surface area contributed by atoms with Crippen molar-refractivity contribution in [1.29, 1.82) is 0 Å². The number of nitrogens with zero attached hydrogens (tertiary/aromatic N) is 3. The van der Waals surface area contributed by atoms with Crippen molar-refractivity contribution in [3.05, 3.63) is 5.89 Å². The van der Waals surface area contributed by atoms with Gasteiger partial charge in [-0.25, -0.2) is 0 Å². The largest absolute Gasteiger partial charge is 0.407 e. The first kappa shape index (κ1) is 12.8. The van der Waals surface area contributed by atoms with Crippen LogP contribution in [0.5, 0.6) is 0 Å². The molecule has 1 aliphatic rings. The van der Waals surface area contributed by atoms with Crippen molar-refractivity contribution in [3.63, 3.8) is 0 Å². The Morgan fingerprint density at radius 2 is 2.22 bits per heavy atom. The fourth-order valence-corrected chi connectivity index (χ4v) is 1.42. The van der Waals surface area contributed by atoms with Crippen LogP contribution in [0, 0.1) is 0 Å². The predicted molar refractivity (Wildman–Crippen MR) is 66.0 cm³/mol. The second-order valence-corrected chi connectivity index (χ2v) is 4.62. The molecule has 0 unspecified atom stereocenters.